The van der Waals surface area contributed by atoms with Crippen molar-refractivity contribution in [3.8, 4) is 5.75 Å². The van der Waals surface area contributed by atoms with Crippen LogP contribution in [0.4, 0.5) is 10.5 Å². The van der Waals surface area contributed by atoms with Crippen molar-refractivity contribution in [2.75, 3.05) is 18.5 Å². The maximum absolute atomic E-state index is 11.7. The predicted octanol–water partition coefficient (Wildman–Crippen LogP) is 3.20. The van der Waals surface area contributed by atoms with Crippen LogP contribution < -0.4 is 10.1 Å². The third kappa shape index (κ3) is 5.48. The average molecular weight is 279 g/mol. The van der Waals surface area contributed by atoms with E-state index in [-0.39, 0.29) is 0 Å². The first-order chi connectivity index (χ1) is 9.42. The van der Waals surface area contributed by atoms with Crippen LogP contribution in [0.2, 0.25) is 0 Å². The van der Waals surface area contributed by atoms with Gasteiger partial charge in [-0.25, -0.2) is 4.79 Å². The Labute approximate surface area is 119 Å². The number of ether oxygens (including phenoxy) is 3. The molecule has 110 valence electrons. The molecule has 5 heteroatoms. The summed E-state index contributed by atoms with van der Waals surface area (Å²) in [5.41, 5.74) is 0.141. The van der Waals surface area contributed by atoms with Crippen molar-refractivity contribution in [1.82, 2.24) is 0 Å². The molecule has 1 saturated heterocycles. The van der Waals surface area contributed by atoms with Gasteiger partial charge in [-0.1, -0.05) is 6.07 Å². The van der Waals surface area contributed by atoms with Crippen LogP contribution in [0.5, 0.6) is 5.75 Å². The van der Waals surface area contributed by atoms with Gasteiger partial charge in [0.2, 0.25) is 0 Å². The third-order valence-electron chi connectivity index (χ3n) is 2.59. The average Bonchev–Trinajstić information content (AvgIpc) is 3.10. The SMILES string of the molecule is CC(C)(C)OC(=O)Nc1cccc(OCCC2CO2)c1. The molecule has 1 aromatic carbocycles. The van der Waals surface area contributed by atoms with E-state index in [2.05, 4.69) is 5.32 Å². The Balaban J connectivity index is 1.83. The number of hydrogen-bond acceptors (Lipinski definition) is 4. The van der Waals surface area contributed by atoms with Crippen LogP contribution in [0.15, 0.2) is 24.3 Å². The first kappa shape index (κ1) is 14.7. The van der Waals surface area contributed by atoms with Gasteiger partial charge in [-0.15, -0.1) is 0 Å². The summed E-state index contributed by atoms with van der Waals surface area (Å²) in [4.78, 5) is 11.7. The Morgan fingerprint density at radius 1 is 1.45 bits per heavy atom. The van der Waals surface area contributed by atoms with Gasteiger partial charge in [-0.2, -0.15) is 0 Å². The molecule has 1 amide bonds. The number of anilines is 1. The van der Waals surface area contributed by atoms with Gasteiger partial charge < -0.3 is 14.2 Å². The normalized spacial score (nSPS) is 17.4. The van der Waals surface area contributed by atoms with Crippen molar-refractivity contribution < 1.29 is 19.0 Å². The van der Waals surface area contributed by atoms with E-state index in [1.54, 1.807) is 12.1 Å². The van der Waals surface area contributed by atoms with Crippen molar-refractivity contribution >= 4 is 11.8 Å². The zero-order valence-electron chi connectivity index (χ0n) is 12.1. The quantitative estimate of drug-likeness (QED) is 0.841. The first-order valence-electron chi connectivity index (χ1n) is 6.77. The third-order valence-corrected chi connectivity index (χ3v) is 2.59. The summed E-state index contributed by atoms with van der Waals surface area (Å²) in [6.07, 6.45) is 0.781. The van der Waals surface area contributed by atoms with Gasteiger partial charge >= 0.3 is 6.09 Å². The summed E-state index contributed by atoms with van der Waals surface area (Å²) in [6.45, 7) is 6.92. The lowest BCUT2D eigenvalue weighted by Crippen LogP contribution is -2.27. The van der Waals surface area contributed by atoms with Crippen LogP contribution in [-0.4, -0.2) is 31.0 Å². The van der Waals surface area contributed by atoms with E-state index in [4.69, 9.17) is 14.2 Å². The van der Waals surface area contributed by atoms with Crippen molar-refractivity contribution in [3.63, 3.8) is 0 Å². The molecule has 0 aromatic heterocycles. The molecule has 1 fully saturated rings. The van der Waals surface area contributed by atoms with E-state index >= 15 is 0 Å². The minimum absolute atomic E-state index is 0.359. The Hall–Kier alpha value is -1.75. The van der Waals surface area contributed by atoms with E-state index in [9.17, 15) is 4.79 Å². The fourth-order valence-corrected chi connectivity index (χ4v) is 1.63. The summed E-state index contributed by atoms with van der Waals surface area (Å²) >= 11 is 0. The van der Waals surface area contributed by atoms with Crippen LogP contribution in [0, 0.1) is 0 Å². The number of carbonyl (C=O) groups excluding carboxylic acids is 1. The number of rotatable bonds is 5. The molecule has 1 aromatic rings. The molecule has 0 saturated carbocycles. The van der Waals surface area contributed by atoms with Gasteiger partial charge in [0.1, 0.15) is 11.4 Å². The molecule has 0 spiro atoms. The molecule has 0 bridgehead atoms. The summed E-state index contributed by atoms with van der Waals surface area (Å²) in [5, 5.41) is 2.68. The molecule has 1 N–H and O–H groups in total. The lowest BCUT2D eigenvalue weighted by atomic mass is 10.2. The number of amides is 1. The molecule has 2 rings (SSSR count). The molecule has 1 aliphatic rings. The maximum atomic E-state index is 11.7. The van der Waals surface area contributed by atoms with Crippen LogP contribution in [0.25, 0.3) is 0 Å². The Bertz CT molecular complexity index is 463. The minimum Gasteiger partial charge on any atom is -0.493 e. The van der Waals surface area contributed by atoms with Crippen molar-refractivity contribution in [3.05, 3.63) is 24.3 Å². The van der Waals surface area contributed by atoms with E-state index in [0.717, 1.165) is 18.8 Å². The summed E-state index contributed by atoms with van der Waals surface area (Å²) in [6, 6.07) is 7.25. The highest BCUT2D eigenvalue weighted by molar-refractivity contribution is 5.85. The van der Waals surface area contributed by atoms with Gasteiger partial charge in [0.05, 0.1) is 19.3 Å². The largest absolute Gasteiger partial charge is 0.493 e. The second-order valence-electron chi connectivity index (χ2n) is 5.75. The Kier molecular flexibility index (Phi) is 4.49. The highest BCUT2D eigenvalue weighted by Gasteiger charge is 2.21. The zero-order chi connectivity index (χ0) is 14.6. The number of epoxide rings is 1. The molecule has 1 heterocycles. The summed E-state index contributed by atoms with van der Waals surface area (Å²) in [7, 11) is 0. The van der Waals surface area contributed by atoms with Crippen LogP contribution >= 0.6 is 0 Å². The Morgan fingerprint density at radius 2 is 2.20 bits per heavy atom. The van der Waals surface area contributed by atoms with Crippen LogP contribution in [0.3, 0.4) is 0 Å². The fraction of sp³-hybridized carbons (Fsp3) is 0.533. The molecular weight excluding hydrogens is 258 g/mol. The fourth-order valence-electron chi connectivity index (χ4n) is 1.63. The van der Waals surface area contributed by atoms with Gasteiger partial charge in [0, 0.05) is 18.2 Å². The highest BCUT2D eigenvalue weighted by Crippen LogP contribution is 2.20. The molecule has 5 nitrogen and oxygen atoms in total. The van der Waals surface area contributed by atoms with Crippen molar-refractivity contribution in [1.29, 1.82) is 0 Å². The van der Waals surface area contributed by atoms with Crippen LogP contribution in [-0.2, 0) is 9.47 Å². The maximum Gasteiger partial charge on any atom is 0.412 e. The monoisotopic (exact) mass is 279 g/mol. The zero-order valence-corrected chi connectivity index (χ0v) is 12.1. The van der Waals surface area contributed by atoms with E-state index in [1.807, 2.05) is 32.9 Å². The number of carbonyl (C=O) groups is 1. The smallest absolute Gasteiger partial charge is 0.412 e. The van der Waals surface area contributed by atoms with Gasteiger partial charge in [0.15, 0.2) is 0 Å². The van der Waals surface area contributed by atoms with E-state index in [0.29, 0.717) is 18.4 Å². The molecule has 0 aliphatic carbocycles. The molecule has 1 atom stereocenters. The standard InChI is InChI=1S/C15H21NO4/c1-15(2,3)20-14(17)16-11-5-4-6-12(9-11)18-8-7-13-10-19-13/h4-6,9,13H,7-8,10H2,1-3H3,(H,16,17). The number of nitrogens with one attached hydrogen (secondary N) is 1. The highest BCUT2D eigenvalue weighted by atomic mass is 16.6. The molecule has 0 radical (unpaired) electrons. The molecular formula is C15H21NO4. The first-order valence-corrected chi connectivity index (χ1v) is 6.77. The van der Waals surface area contributed by atoms with Gasteiger partial charge in [-0.3, -0.25) is 5.32 Å². The predicted molar refractivity (Wildman–Crippen MR) is 76.2 cm³/mol. The number of hydrogen-bond donors (Lipinski definition) is 1. The molecule has 1 unspecified atom stereocenters. The molecule has 1 aliphatic heterocycles. The minimum atomic E-state index is -0.511. The van der Waals surface area contributed by atoms with E-state index < -0.39 is 11.7 Å². The van der Waals surface area contributed by atoms with Crippen molar-refractivity contribution in [2.24, 2.45) is 0 Å². The van der Waals surface area contributed by atoms with Gasteiger partial charge in [0.25, 0.3) is 0 Å². The van der Waals surface area contributed by atoms with Crippen LogP contribution in [0.1, 0.15) is 27.2 Å². The van der Waals surface area contributed by atoms with Gasteiger partial charge in [-0.05, 0) is 32.9 Å². The molecule has 20 heavy (non-hydrogen) atoms. The number of benzene rings is 1. The second kappa shape index (κ2) is 6.13. The summed E-state index contributed by atoms with van der Waals surface area (Å²) in [5.74, 6) is 0.721. The van der Waals surface area contributed by atoms with Crippen molar-refractivity contribution in [2.45, 2.75) is 38.9 Å². The summed E-state index contributed by atoms with van der Waals surface area (Å²) < 4.78 is 15.9. The Morgan fingerprint density at radius 3 is 2.85 bits per heavy atom. The topological polar surface area (TPSA) is 60.1 Å². The lowest BCUT2D eigenvalue weighted by Gasteiger charge is -2.19. The second-order valence-corrected chi connectivity index (χ2v) is 5.75. The van der Waals surface area contributed by atoms with E-state index in [1.165, 1.54) is 0 Å². The lowest BCUT2D eigenvalue weighted by molar-refractivity contribution is 0.0636.